The Labute approximate surface area is 150 Å². The maximum atomic E-state index is 13.0. The number of carbonyl (C=O) groups excluding carboxylic acids is 2. The molecule has 5 nitrogen and oxygen atoms in total. The Hall–Kier alpha value is -2.34. The van der Waals surface area contributed by atoms with Crippen LogP contribution in [0.1, 0.15) is 29.8 Å². The second kappa shape index (κ2) is 6.52. The number of benzene rings is 1. The zero-order chi connectivity index (χ0) is 17.4. The Balaban J connectivity index is 1.57. The molecule has 0 saturated heterocycles. The zero-order valence-corrected chi connectivity index (χ0v) is 14.9. The van der Waals surface area contributed by atoms with Crippen molar-refractivity contribution in [2.75, 3.05) is 24.6 Å². The Morgan fingerprint density at radius 1 is 1.28 bits per heavy atom. The van der Waals surface area contributed by atoms with Gasteiger partial charge in [0.1, 0.15) is 12.3 Å². The van der Waals surface area contributed by atoms with Crippen LogP contribution in [0.25, 0.3) is 0 Å². The fourth-order valence-corrected chi connectivity index (χ4v) is 4.53. The van der Waals surface area contributed by atoms with E-state index in [0.29, 0.717) is 24.6 Å². The van der Waals surface area contributed by atoms with E-state index in [0.717, 1.165) is 6.42 Å². The van der Waals surface area contributed by atoms with E-state index >= 15 is 0 Å². The van der Waals surface area contributed by atoms with E-state index in [1.54, 1.807) is 16.2 Å². The van der Waals surface area contributed by atoms with Crippen LogP contribution >= 0.6 is 11.3 Å². The fourth-order valence-electron chi connectivity index (χ4n) is 3.57. The predicted molar refractivity (Wildman–Crippen MR) is 97.1 cm³/mol. The average Bonchev–Trinajstić information content (AvgIpc) is 3.04. The molecule has 0 radical (unpaired) electrons. The zero-order valence-electron chi connectivity index (χ0n) is 14.1. The van der Waals surface area contributed by atoms with Gasteiger partial charge in [0.2, 0.25) is 11.8 Å². The van der Waals surface area contributed by atoms with Crippen LogP contribution in [-0.4, -0.2) is 36.4 Å². The molecule has 2 aliphatic rings. The van der Waals surface area contributed by atoms with Crippen molar-refractivity contribution in [2.24, 2.45) is 0 Å². The van der Waals surface area contributed by atoms with Gasteiger partial charge in [0, 0.05) is 11.4 Å². The standard InChI is InChI=1S/C19H20N2O3S/c1-13-14-8-11-25-17(14)6-9-20(13)19(23)12-21-15-4-2-3-5-16(15)24-10-7-18(21)22/h2-5,8,11,13H,6-7,9-10,12H2,1H3/t13-/m0/s1. The van der Waals surface area contributed by atoms with Gasteiger partial charge in [0.25, 0.3) is 0 Å². The number of rotatable bonds is 2. The van der Waals surface area contributed by atoms with Crippen LogP contribution in [0, 0.1) is 0 Å². The first-order valence-electron chi connectivity index (χ1n) is 8.53. The molecule has 0 bridgehead atoms. The van der Waals surface area contributed by atoms with Gasteiger partial charge in [-0.3, -0.25) is 14.5 Å². The monoisotopic (exact) mass is 356 g/mol. The van der Waals surface area contributed by atoms with Gasteiger partial charge in [0.05, 0.1) is 24.8 Å². The van der Waals surface area contributed by atoms with Gasteiger partial charge in [-0.2, -0.15) is 0 Å². The Morgan fingerprint density at radius 2 is 2.12 bits per heavy atom. The van der Waals surface area contributed by atoms with Gasteiger partial charge in [-0.1, -0.05) is 12.1 Å². The van der Waals surface area contributed by atoms with Gasteiger partial charge < -0.3 is 9.64 Å². The van der Waals surface area contributed by atoms with E-state index in [9.17, 15) is 9.59 Å². The number of nitrogens with zero attached hydrogens (tertiary/aromatic N) is 2. The Bertz CT molecular complexity index is 817. The first-order valence-corrected chi connectivity index (χ1v) is 9.41. The van der Waals surface area contributed by atoms with Crippen LogP contribution < -0.4 is 9.64 Å². The van der Waals surface area contributed by atoms with Crippen molar-refractivity contribution in [2.45, 2.75) is 25.8 Å². The summed E-state index contributed by atoms with van der Waals surface area (Å²) < 4.78 is 5.65. The molecule has 25 heavy (non-hydrogen) atoms. The third-order valence-corrected chi connectivity index (χ3v) is 5.92. The van der Waals surface area contributed by atoms with Crippen LogP contribution in [0.3, 0.4) is 0 Å². The molecule has 1 atom stereocenters. The normalized spacial score (nSPS) is 19.7. The highest BCUT2D eigenvalue weighted by atomic mass is 32.1. The molecule has 4 rings (SSSR count). The topological polar surface area (TPSA) is 49.9 Å². The van der Waals surface area contributed by atoms with Crippen molar-refractivity contribution in [1.82, 2.24) is 4.90 Å². The van der Waals surface area contributed by atoms with Crippen molar-refractivity contribution in [1.29, 1.82) is 0 Å². The Kier molecular flexibility index (Phi) is 4.21. The van der Waals surface area contributed by atoms with Crippen LogP contribution in [-0.2, 0) is 16.0 Å². The van der Waals surface area contributed by atoms with Crippen LogP contribution in [0.15, 0.2) is 35.7 Å². The molecule has 0 spiro atoms. The third kappa shape index (κ3) is 2.91. The number of hydrogen-bond acceptors (Lipinski definition) is 4. The second-order valence-corrected chi connectivity index (χ2v) is 7.36. The lowest BCUT2D eigenvalue weighted by molar-refractivity contribution is -0.133. The molecule has 130 valence electrons. The van der Waals surface area contributed by atoms with E-state index < -0.39 is 0 Å². The molecule has 0 unspecified atom stereocenters. The van der Waals surface area contributed by atoms with Gasteiger partial charge in [0.15, 0.2) is 0 Å². The molecule has 2 aliphatic heterocycles. The number of amides is 2. The lowest BCUT2D eigenvalue weighted by Crippen LogP contribution is -2.45. The van der Waals surface area contributed by atoms with Gasteiger partial charge in [-0.05, 0) is 42.5 Å². The summed E-state index contributed by atoms with van der Waals surface area (Å²) in [5.41, 5.74) is 1.91. The summed E-state index contributed by atoms with van der Waals surface area (Å²) in [5.74, 6) is 0.571. The molecule has 6 heteroatoms. The highest BCUT2D eigenvalue weighted by Gasteiger charge is 2.32. The van der Waals surface area contributed by atoms with E-state index in [-0.39, 0.29) is 30.8 Å². The van der Waals surface area contributed by atoms with Crippen LogP contribution in [0.4, 0.5) is 5.69 Å². The number of para-hydroxylation sites is 2. The van der Waals surface area contributed by atoms with E-state index in [2.05, 4.69) is 18.4 Å². The highest BCUT2D eigenvalue weighted by molar-refractivity contribution is 7.10. The maximum Gasteiger partial charge on any atom is 0.243 e. The quantitative estimate of drug-likeness (QED) is 0.831. The van der Waals surface area contributed by atoms with Crippen molar-refractivity contribution in [3.63, 3.8) is 0 Å². The number of anilines is 1. The van der Waals surface area contributed by atoms with E-state index in [1.807, 2.05) is 29.2 Å². The molecule has 0 saturated carbocycles. The summed E-state index contributed by atoms with van der Waals surface area (Å²) in [6.07, 6.45) is 1.17. The molecular weight excluding hydrogens is 336 g/mol. The highest BCUT2D eigenvalue weighted by Crippen LogP contribution is 2.34. The molecule has 0 fully saturated rings. The number of fused-ring (bicyclic) bond motifs is 2. The molecule has 2 amide bonds. The lowest BCUT2D eigenvalue weighted by Gasteiger charge is -2.35. The number of carbonyl (C=O) groups is 2. The van der Waals surface area contributed by atoms with Crippen molar-refractivity contribution in [3.8, 4) is 5.75 Å². The van der Waals surface area contributed by atoms with Crippen LogP contribution in [0.2, 0.25) is 0 Å². The minimum absolute atomic E-state index is 0.0191. The number of thiophene rings is 1. The SMILES string of the molecule is C[C@H]1c2ccsc2CCN1C(=O)CN1C(=O)CCOc2ccccc21. The number of hydrogen-bond donors (Lipinski definition) is 0. The molecule has 0 aliphatic carbocycles. The first kappa shape index (κ1) is 16.1. The smallest absolute Gasteiger partial charge is 0.243 e. The van der Waals surface area contributed by atoms with Gasteiger partial charge in [-0.25, -0.2) is 0 Å². The fraction of sp³-hybridized carbons (Fsp3) is 0.368. The minimum Gasteiger partial charge on any atom is -0.491 e. The molecule has 0 N–H and O–H groups in total. The third-order valence-electron chi connectivity index (χ3n) is 4.92. The van der Waals surface area contributed by atoms with E-state index in [4.69, 9.17) is 4.74 Å². The second-order valence-electron chi connectivity index (χ2n) is 6.36. The van der Waals surface area contributed by atoms with Crippen molar-refractivity contribution in [3.05, 3.63) is 46.2 Å². The predicted octanol–water partition coefficient (Wildman–Crippen LogP) is 3.01. The lowest BCUT2D eigenvalue weighted by atomic mass is 10.0. The van der Waals surface area contributed by atoms with E-state index in [1.165, 1.54) is 10.4 Å². The molecule has 3 heterocycles. The molecular formula is C19H20N2O3S. The Morgan fingerprint density at radius 3 is 3.00 bits per heavy atom. The van der Waals surface area contributed by atoms with Crippen molar-refractivity contribution < 1.29 is 14.3 Å². The molecule has 1 aromatic carbocycles. The van der Waals surface area contributed by atoms with Crippen molar-refractivity contribution >= 4 is 28.8 Å². The van der Waals surface area contributed by atoms with Gasteiger partial charge in [-0.15, -0.1) is 11.3 Å². The average molecular weight is 356 g/mol. The summed E-state index contributed by atoms with van der Waals surface area (Å²) in [6.45, 7) is 3.17. The largest absolute Gasteiger partial charge is 0.491 e. The number of ether oxygens (including phenoxy) is 1. The first-order chi connectivity index (χ1) is 12.1. The molecule has 1 aromatic heterocycles. The van der Waals surface area contributed by atoms with Gasteiger partial charge >= 0.3 is 0 Å². The summed E-state index contributed by atoms with van der Waals surface area (Å²) >= 11 is 1.75. The molecule has 2 aromatic rings. The van der Waals surface area contributed by atoms with Crippen LogP contribution in [0.5, 0.6) is 5.75 Å². The summed E-state index contributed by atoms with van der Waals surface area (Å²) in [5, 5.41) is 2.08. The maximum absolute atomic E-state index is 13.0. The minimum atomic E-state index is -0.0702. The summed E-state index contributed by atoms with van der Waals surface area (Å²) in [6, 6.07) is 9.56. The summed E-state index contributed by atoms with van der Waals surface area (Å²) in [4.78, 5) is 30.3. The summed E-state index contributed by atoms with van der Waals surface area (Å²) in [7, 11) is 0.